The molecule has 0 aliphatic carbocycles. The van der Waals surface area contributed by atoms with Gasteiger partial charge in [0.1, 0.15) is 23.3 Å². The highest BCUT2D eigenvalue weighted by atomic mass is 32.1. The lowest BCUT2D eigenvalue weighted by Gasteiger charge is -2.25. The molecule has 2 saturated heterocycles. The summed E-state index contributed by atoms with van der Waals surface area (Å²) in [4.78, 5) is 26.0. The molecule has 2 atom stereocenters. The number of nitrogens with one attached hydrogen (secondary N) is 2. The largest absolute Gasteiger partial charge is 0.447 e. The molecule has 2 N–H and O–H groups in total. The summed E-state index contributed by atoms with van der Waals surface area (Å²) in [6.07, 6.45) is -2.43. The number of thiocarbonyl (C=S) groups is 1. The van der Waals surface area contributed by atoms with Crippen molar-refractivity contribution in [3.05, 3.63) is 23.8 Å². The van der Waals surface area contributed by atoms with E-state index in [1.54, 1.807) is 14.1 Å². The van der Waals surface area contributed by atoms with Crippen LogP contribution in [0.1, 0.15) is 0 Å². The Hall–Kier alpha value is -2.53. The van der Waals surface area contributed by atoms with Crippen LogP contribution in [0.3, 0.4) is 0 Å². The highest BCUT2D eigenvalue weighted by molar-refractivity contribution is 7.80. The summed E-state index contributed by atoms with van der Waals surface area (Å²) < 4.78 is 39.0. The standard InChI is InChI=1S/C15H16F2N4O4S/c1-18-12-11(13(26)19-2)21(15(23)25-12)7-5-8(16)10(9(17)6-7)20-3-4-24-14(20)22/h5-6,11-12,18H,3-4H2,1-2H3,(H,19,26)/t11?,12-/m0/s1. The summed E-state index contributed by atoms with van der Waals surface area (Å²) in [6, 6.07) is 1.11. The zero-order chi connectivity index (χ0) is 19.0. The molecule has 26 heavy (non-hydrogen) atoms. The average Bonchev–Trinajstić information content (AvgIpc) is 3.16. The summed E-state index contributed by atoms with van der Waals surface area (Å²) in [6.45, 7) is 0.0757. The van der Waals surface area contributed by atoms with E-state index in [0.29, 0.717) is 0 Å². The highest BCUT2D eigenvalue weighted by Gasteiger charge is 2.45. The van der Waals surface area contributed by atoms with Crippen molar-refractivity contribution in [3.63, 3.8) is 0 Å². The first-order chi connectivity index (χ1) is 12.4. The van der Waals surface area contributed by atoms with E-state index in [1.807, 2.05) is 0 Å². The summed E-state index contributed by atoms with van der Waals surface area (Å²) in [5.74, 6) is -2.01. The Morgan fingerprint density at radius 3 is 2.38 bits per heavy atom. The number of amides is 2. The molecule has 1 unspecified atom stereocenters. The molecule has 0 aromatic heterocycles. The average molecular weight is 386 g/mol. The van der Waals surface area contributed by atoms with Crippen molar-refractivity contribution < 1.29 is 27.8 Å². The first kappa shape index (κ1) is 18.3. The van der Waals surface area contributed by atoms with Crippen LogP contribution in [-0.2, 0) is 9.47 Å². The number of carbonyl (C=O) groups excluding carboxylic acids is 2. The van der Waals surface area contributed by atoms with Gasteiger partial charge in [0, 0.05) is 19.2 Å². The third-order valence-corrected chi connectivity index (χ3v) is 4.55. The molecule has 3 rings (SSSR count). The molecule has 2 amide bonds. The van der Waals surface area contributed by atoms with E-state index in [2.05, 4.69) is 10.6 Å². The monoisotopic (exact) mass is 386 g/mol. The van der Waals surface area contributed by atoms with E-state index >= 15 is 0 Å². The van der Waals surface area contributed by atoms with Gasteiger partial charge >= 0.3 is 12.2 Å². The minimum absolute atomic E-state index is 0.0338. The number of nitrogens with zero attached hydrogens (tertiary/aromatic N) is 2. The van der Waals surface area contributed by atoms with Gasteiger partial charge in [-0.25, -0.2) is 18.4 Å². The molecular weight excluding hydrogens is 370 g/mol. The lowest BCUT2D eigenvalue weighted by molar-refractivity contribution is 0.123. The molecule has 0 radical (unpaired) electrons. The van der Waals surface area contributed by atoms with E-state index in [0.717, 1.165) is 21.9 Å². The molecule has 2 heterocycles. The molecule has 0 spiro atoms. The molecule has 140 valence electrons. The van der Waals surface area contributed by atoms with Gasteiger partial charge in [0.25, 0.3) is 0 Å². The molecule has 0 saturated carbocycles. The van der Waals surface area contributed by atoms with Crippen molar-refractivity contribution in [1.29, 1.82) is 0 Å². The Balaban J connectivity index is 2.02. The van der Waals surface area contributed by atoms with Crippen LogP contribution in [-0.4, -0.2) is 56.7 Å². The Bertz CT molecular complexity index is 755. The normalized spacial score (nSPS) is 22.5. The van der Waals surface area contributed by atoms with Gasteiger partial charge in [-0.3, -0.25) is 15.1 Å². The van der Waals surface area contributed by atoms with Gasteiger partial charge in [0.2, 0.25) is 0 Å². The Labute approximate surface area is 153 Å². The van der Waals surface area contributed by atoms with Gasteiger partial charge in [-0.15, -0.1) is 0 Å². The maximum Gasteiger partial charge on any atom is 0.416 e. The maximum absolute atomic E-state index is 14.6. The fourth-order valence-electron chi connectivity index (χ4n) is 2.91. The minimum atomic E-state index is -1.01. The van der Waals surface area contributed by atoms with Crippen molar-refractivity contribution in [2.24, 2.45) is 0 Å². The van der Waals surface area contributed by atoms with Crippen LogP contribution in [0.2, 0.25) is 0 Å². The predicted octanol–water partition coefficient (Wildman–Crippen LogP) is 1.34. The smallest absolute Gasteiger partial charge is 0.416 e. The number of likely N-dealkylation sites (N-methyl/N-ethyl adjacent to an activating group) is 2. The van der Waals surface area contributed by atoms with Gasteiger partial charge in [0.15, 0.2) is 17.9 Å². The summed E-state index contributed by atoms with van der Waals surface area (Å²) in [5, 5.41) is 5.52. The lowest BCUT2D eigenvalue weighted by Crippen LogP contribution is -2.50. The number of rotatable bonds is 4. The first-order valence-electron chi connectivity index (χ1n) is 7.71. The van der Waals surface area contributed by atoms with Crippen LogP contribution in [0.25, 0.3) is 0 Å². The molecule has 2 aliphatic heterocycles. The van der Waals surface area contributed by atoms with Crippen molar-refractivity contribution >= 4 is 40.8 Å². The van der Waals surface area contributed by atoms with Crippen molar-refractivity contribution in [2.75, 3.05) is 37.0 Å². The Morgan fingerprint density at radius 2 is 1.88 bits per heavy atom. The van der Waals surface area contributed by atoms with Crippen LogP contribution >= 0.6 is 12.2 Å². The fourth-order valence-corrected chi connectivity index (χ4v) is 3.14. The third-order valence-electron chi connectivity index (χ3n) is 4.10. The van der Waals surface area contributed by atoms with Gasteiger partial charge in [-0.05, 0) is 7.05 Å². The lowest BCUT2D eigenvalue weighted by atomic mass is 10.1. The van der Waals surface area contributed by atoms with Crippen LogP contribution in [0.4, 0.5) is 29.7 Å². The van der Waals surface area contributed by atoms with Crippen molar-refractivity contribution in [3.8, 4) is 0 Å². The molecule has 0 bridgehead atoms. The summed E-state index contributed by atoms with van der Waals surface area (Å²) in [7, 11) is 3.13. The molecule has 2 fully saturated rings. The molecular formula is C15H16F2N4O4S. The molecule has 8 nitrogen and oxygen atoms in total. The fraction of sp³-hybridized carbons (Fsp3) is 0.400. The summed E-state index contributed by atoms with van der Waals surface area (Å²) >= 11 is 5.20. The number of benzene rings is 1. The van der Waals surface area contributed by atoms with Gasteiger partial charge in [-0.2, -0.15) is 0 Å². The van der Waals surface area contributed by atoms with Crippen LogP contribution < -0.4 is 20.4 Å². The van der Waals surface area contributed by atoms with E-state index in [-0.39, 0.29) is 23.8 Å². The highest BCUT2D eigenvalue weighted by Crippen LogP contribution is 2.34. The molecule has 2 aliphatic rings. The number of halogens is 2. The van der Waals surface area contributed by atoms with E-state index in [1.165, 1.54) is 0 Å². The van der Waals surface area contributed by atoms with Gasteiger partial charge < -0.3 is 14.8 Å². The second kappa shape index (κ2) is 7.00. The summed E-state index contributed by atoms with van der Waals surface area (Å²) in [5.41, 5.74) is -0.608. The zero-order valence-corrected chi connectivity index (χ0v) is 14.7. The number of cyclic esters (lactones) is 2. The quantitative estimate of drug-likeness (QED) is 0.756. The van der Waals surface area contributed by atoms with Crippen LogP contribution in [0.5, 0.6) is 0 Å². The number of ether oxygens (including phenoxy) is 2. The molecule has 11 heteroatoms. The van der Waals surface area contributed by atoms with E-state index in [4.69, 9.17) is 21.7 Å². The van der Waals surface area contributed by atoms with Crippen LogP contribution in [0, 0.1) is 11.6 Å². The van der Waals surface area contributed by atoms with Crippen LogP contribution in [0.15, 0.2) is 12.1 Å². The molecule has 1 aromatic rings. The van der Waals surface area contributed by atoms with Gasteiger partial charge in [-0.1, -0.05) is 12.2 Å². The second-order valence-corrected chi connectivity index (χ2v) is 5.99. The third kappa shape index (κ3) is 2.92. The van der Waals surface area contributed by atoms with Crippen molar-refractivity contribution in [1.82, 2.24) is 10.6 Å². The Morgan fingerprint density at radius 1 is 1.23 bits per heavy atom. The number of hydrogen-bond acceptors (Lipinski definition) is 6. The second-order valence-electron chi connectivity index (χ2n) is 5.55. The number of hydrogen-bond donors (Lipinski definition) is 2. The number of anilines is 2. The SMILES string of the molecule is CNC(=S)C1[C@@H](NC)OC(=O)N1c1cc(F)c(N2CCOC2=O)c(F)c1. The maximum atomic E-state index is 14.6. The van der Waals surface area contributed by atoms with E-state index in [9.17, 15) is 18.4 Å². The topological polar surface area (TPSA) is 83.1 Å². The number of carbonyl (C=O) groups is 2. The molecule has 1 aromatic carbocycles. The van der Waals surface area contributed by atoms with Crippen molar-refractivity contribution in [2.45, 2.75) is 12.3 Å². The minimum Gasteiger partial charge on any atom is -0.447 e. The Kier molecular flexibility index (Phi) is 4.92. The first-order valence-corrected chi connectivity index (χ1v) is 8.12. The predicted molar refractivity (Wildman–Crippen MR) is 92.3 cm³/mol. The zero-order valence-electron chi connectivity index (χ0n) is 13.9. The van der Waals surface area contributed by atoms with Gasteiger partial charge in [0.05, 0.1) is 12.2 Å². The van der Waals surface area contributed by atoms with E-state index < -0.39 is 41.8 Å².